The zero-order chi connectivity index (χ0) is 24.6. The van der Waals surface area contributed by atoms with Crippen molar-refractivity contribution in [1.82, 2.24) is 35.4 Å². The molecular formula is C28H28N8. The molecule has 8 nitrogen and oxygen atoms in total. The van der Waals surface area contributed by atoms with Gasteiger partial charge in [-0.2, -0.15) is 5.10 Å². The van der Waals surface area contributed by atoms with Crippen LogP contribution in [0.15, 0.2) is 79.1 Å². The van der Waals surface area contributed by atoms with Gasteiger partial charge in [0.2, 0.25) is 0 Å². The van der Waals surface area contributed by atoms with E-state index in [1.807, 2.05) is 26.5 Å². The van der Waals surface area contributed by atoms with Gasteiger partial charge in [-0.05, 0) is 44.3 Å². The second kappa shape index (κ2) is 8.98. The van der Waals surface area contributed by atoms with Gasteiger partial charge in [0.15, 0.2) is 5.65 Å². The topological polar surface area (TPSA) is 97.5 Å². The molecule has 0 unspecified atom stereocenters. The molecular weight excluding hydrogens is 448 g/mol. The van der Waals surface area contributed by atoms with Crippen LogP contribution in [0.2, 0.25) is 0 Å². The molecule has 0 fully saturated rings. The fourth-order valence-corrected chi connectivity index (χ4v) is 4.80. The van der Waals surface area contributed by atoms with Gasteiger partial charge in [-0.25, -0.2) is 4.98 Å². The number of allylic oxidation sites excluding steroid dienone is 5. The van der Waals surface area contributed by atoms with Crippen molar-refractivity contribution in [3.8, 4) is 22.5 Å². The first-order valence-electron chi connectivity index (χ1n) is 12.0. The Morgan fingerprint density at radius 3 is 2.86 bits per heavy atom. The molecule has 0 radical (unpaired) electrons. The summed E-state index contributed by atoms with van der Waals surface area (Å²) >= 11 is 0. The summed E-state index contributed by atoms with van der Waals surface area (Å²) in [7, 11) is 4.03. The molecule has 0 atom stereocenters. The largest absolute Gasteiger partial charge is 0.385 e. The van der Waals surface area contributed by atoms with E-state index >= 15 is 0 Å². The van der Waals surface area contributed by atoms with E-state index in [2.05, 4.69) is 89.9 Å². The van der Waals surface area contributed by atoms with Crippen LogP contribution in [-0.4, -0.2) is 50.7 Å². The summed E-state index contributed by atoms with van der Waals surface area (Å²) in [5.74, 6) is 0. The van der Waals surface area contributed by atoms with Gasteiger partial charge in [0.05, 0.1) is 29.8 Å². The van der Waals surface area contributed by atoms with Gasteiger partial charge in [-0.15, -0.1) is 0 Å². The van der Waals surface area contributed by atoms with Crippen molar-refractivity contribution in [2.24, 2.45) is 0 Å². The van der Waals surface area contributed by atoms with Crippen LogP contribution in [0.4, 0.5) is 5.69 Å². The number of hydrogen-bond acceptors (Lipinski definition) is 6. The number of rotatable bonds is 7. The summed E-state index contributed by atoms with van der Waals surface area (Å²) in [5.41, 5.74) is 11.2. The lowest BCUT2D eigenvalue weighted by Gasteiger charge is -2.15. The molecule has 1 aliphatic carbocycles. The monoisotopic (exact) mass is 476 g/mol. The Hall–Kier alpha value is -4.43. The Labute approximate surface area is 209 Å². The van der Waals surface area contributed by atoms with Crippen molar-refractivity contribution in [3.63, 3.8) is 0 Å². The van der Waals surface area contributed by atoms with Crippen LogP contribution in [0, 0.1) is 0 Å². The number of fused-ring (bicyclic) bond motifs is 2. The number of nitrogens with one attached hydrogen (secondary N) is 4. The third-order valence-corrected chi connectivity index (χ3v) is 6.38. The van der Waals surface area contributed by atoms with Crippen LogP contribution < -0.4 is 10.6 Å². The summed E-state index contributed by atoms with van der Waals surface area (Å²) in [4.78, 5) is 14.7. The van der Waals surface area contributed by atoms with Gasteiger partial charge in [0, 0.05) is 64.2 Å². The SMILES string of the molecule is C=C(CN(C)C)Nc1cncc(-c2cnc3n[nH]c(-c4cc5c([nH]4)CNC=C5C4=CCC=C4)c3c2)c1. The third-order valence-electron chi connectivity index (χ3n) is 6.38. The molecule has 1 aliphatic heterocycles. The molecule has 4 aromatic heterocycles. The molecule has 36 heavy (non-hydrogen) atoms. The molecule has 4 N–H and O–H groups in total. The van der Waals surface area contributed by atoms with Crippen molar-refractivity contribution in [1.29, 1.82) is 0 Å². The Morgan fingerprint density at radius 1 is 1.14 bits per heavy atom. The Bertz CT molecular complexity index is 1560. The normalized spacial score (nSPS) is 14.5. The van der Waals surface area contributed by atoms with E-state index in [1.165, 1.54) is 16.7 Å². The first-order chi connectivity index (χ1) is 17.5. The van der Waals surface area contributed by atoms with Gasteiger partial charge in [0.1, 0.15) is 0 Å². The first kappa shape index (κ1) is 22.1. The Balaban J connectivity index is 1.34. The highest BCUT2D eigenvalue weighted by Gasteiger charge is 2.21. The molecule has 0 aromatic carbocycles. The second-order valence-corrected chi connectivity index (χ2v) is 9.43. The van der Waals surface area contributed by atoms with Crippen LogP contribution in [0.1, 0.15) is 17.7 Å². The average molecular weight is 477 g/mol. The van der Waals surface area contributed by atoms with E-state index < -0.39 is 0 Å². The van der Waals surface area contributed by atoms with E-state index in [9.17, 15) is 0 Å². The van der Waals surface area contributed by atoms with Crippen molar-refractivity contribution in [2.75, 3.05) is 26.0 Å². The van der Waals surface area contributed by atoms with Gasteiger partial charge in [-0.1, -0.05) is 24.8 Å². The first-order valence-corrected chi connectivity index (χ1v) is 12.0. The number of pyridine rings is 2. The van der Waals surface area contributed by atoms with Crippen LogP contribution in [-0.2, 0) is 6.54 Å². The molecule has 2 aliphatic rings. The number of likely N-dealkylation sites (N-methyl/N-ethyl adjacent to an activating group) is 1. The van der Waals surface area contributed by atoms with Crippen LogP contribution in [0.5, 0.6) is 0 Å². The maximum absolute atomic E-state index is 4.62. The van der Waals surface area contributed by atoms with Crippen molar-refractivity contribution < 1.29 is 0 Å². The molecule has 0 saturated carbocycles. The Kier molecular flexibility index (Phi) is 5.50. The lowest BCUT2D eigenvalue weighted by Crippen LogP contribution is -2.18. The van der Waals surface area contributed by atoms with E-state index in [4.69, 9.17) is 0 Å². The molecule has 180 valence electrons. The zero-order valence-electron chi connectivity index (χ0n) is 20.4. The quantitative estimate of drug-likeness (QED) is 0.305. The minimum absolute atomic E-state index is 0.679. The molecule has 0 saturated heterocycles. The molecule has 5 heterocycles. The fraction of sp³-hybridized carbons (Fsp3) is 0.179. The summed E-state index contributed by atoms with van der Waals surface area (Å²) in [6, 6.07) is 6.39. The molecule has 6 rings (SSSR count). The number of H-pyrrole nitrogens is 2. The minimum atomic E-state index is 0.679. The molecule has 0 spiro atoms. The fourth-order valence-electron chi connectivity index (χ4n) is 4.80. The van der Waals surface area contributed by atoms with E-state index in [0.717, 1.165) is 64.5 Å². The highest BCUT2D eigenvalue weighted by molar-refractivity contribution is 5.94. The number of anilines is 1. The van der Waals surface area contributed by atoms with Crippen LogP contribution in [0.3, 0.4) is 0 Å². The second-order valence-electron chi connectivity index (χ2n) is 9.43. The number of aromatic nitrogens is 5. The van der Waals surface area contributed by atoms with Crippen molar-refractivity contribution >= 4 is 22.3 Å². The lowest BCUT2D eigenvalue weighted by atomic mass is 9.97. The third kappa shape index (κ3) is 4.12. The highest BCUT2D eigenvalue weighted by atomic mass is 15.2. The number of hydrogen-bond donors (Lipinski definition) is 4. The van der Waals surface area contributed by atoms with Crippen molar-refractivity contribution in [2.45, 2.75) is 13.0 Å². The highest BCUT2D eigenvalue weighted by Crippen LogP contribution is 2.36. The molecule has 0 amide bonds. The summed E-state index contributed by atoms with van der Waals surface area (Å²) < 4.78 is 0. The van der Waals surface area contributed by atoms with Crippen molar-refractivity contribution in [3.05, 3.63) is 90.3 Å². The van der Waals surface area contributed by atoms with E-state index in [0.29, 0.717) is 5.65 Å². The van der Waals surface area contributed by atoms with Gasteiger partial charge >= 0.3 is 0 Å². The van der Waals surface area contributed by atoms with E-state index in [-0.39, 0.29) is 0 Å². The molecule has 0 bridgehead atoms. The van der Waals surface area contributed by atoms with E-state index in [1.54, 1.807) is 6.20 Å². The molecule has 8 heteroatoms. The van der Waals surface area contributed by atoms with Crippen LogP contribution >= 0.6 is 0 Å². The van der Waals surface area contributed by atoms with Gasteiger partial charge in [-0.3, -0.25) is 10.1 Å². The Morgan fingerprint density at radius 2 is 2.03 bits per heavy atom. The zero-order valence-corrected chi connectivity index (χ0v) is 20.4. The molecule has 4 aromatic rings. The maximum Gasteiger partial charge on any atom is 0.181 e. The van der Waals surface area contributed by atoms with Gasteiger partial charge in [0.25, 0.3) is 0 Å². The lowest BCUT2D eigenvalue weighted by molar-refractivity contribution is 0.447. The summed E-state index contributed by atoms with van der Waals surface area (Å²) in [6.45, 7) is 5.61. The minimum Gasteiger partial charge on any atom is -0.385 e. The van der Waals surface area contributed by atoms with Gasteiger partial charge < -0.3 is 20.5 Å². The average Bonchev–Trinajstić information content (AvgIpc) is 3.62. The number of nitrogens with zero attached hydrogens (tertiary/aromatic N) is 4. The predicted molar refractivity (Wildman–Crippen MR) is 145 cm³/mol. The smallest absolute Gasteiger partial charge is 0.181 e. The maximum atomic E-state index is 4.62. The number of aromatic amines is 2. The summed E-state index contributed by atoms with van der Waals surface area (Å²) in [6.07, 6.45) is 15.2. The standard InChI is InChI=1S/C28H28N8/c1-17(16-36(2)3)32-21-8-19(11-29-13-21)20-9-23-27(34-35-28(23)31-12-20)25-10-22-24(18-6-4-5-7-18)14-30-15-26(22)33-25/h4,6-14,30,32-33H,1,5,15-16H2,2-3H3,(H,31,34,35). The van der Waals surface area contributed by atoms with Crippen LogP contribution in [0.25, 0.3) is 39.1 Å². The summed E-state index contributed by atoms with van der Waals surface area (Å²) in [5, 5.41) is 15.4. The predicted octanol–water partition coefficient (Wildman–Crippen LogP) is 4.83.